The van der Waals surface area contributed by atoms with Crippen molar-refractivity contribution in [2.45, 2.75) is 13.8 Å². The summed E-state index contributed by atoms with van der Waals surface area (Å²) in [7, 11) is 0. The maximum atomic E-state index is 10.4. The lowest BCUT2D eigenvalue weighted by molar-refractivity contribution is -0.131. The van der Waals surface area contributed by atoms with Crippen LogP contribution >= 0.6 is 11.6 Å². The fourth-order valence-electron chi connectivity index (χ4n) is 1.18. The van der Waals surface area contributed by atoms with Gasteiger partial charge >= 0.3 is 5.97 Å². The first kappa shape index (κ1) is 10.8. The summed E-state index contributed by atoms with van der Waals surface area (Å²) in [6, 6.07) is 5.75. The van der Waals surface area contributed by atoms with Crippen LogP contribution in [0.15, 0.2) is 24.3 Å². The van der Waals surface area contributed by atoms with Crippen molar-refractivity contribution in [1.29, 1.82) is 0 Å². The van der Waals surface area contributed by atoms with Gasteiger partial charge in [0.1, 0.15) is 0 Å². The van der Waals surface area contributed by atoms with E-state index in [2.05, 4.69) is 0 Å². The molecule has 0 aliphatic carbocycles. The van der Waals surface area contributed by atoms with Crippen LogP contribution in [-0.2, 0) is 4.79 Å². The van der Waals surface area contributed by atoms with Crippen LogP contribution in [-0.4, -0.2) is 11.1 Å². The first-order chi connectivity index (χ1) is 6.50. The molecule has 1 rings (SSSR count). The second-order valence-corrected chi connectivity index (χ2v) is 3.56. The quantitative estimate of drug-likeness (QED) is 0.762. The molecule has 0 saturated heterocycles. The summed E-state index contributed by atoms with van der Waals surface area (Å²) in [6.45, 7) is 3.83. The lowest BCUT2D eigenvalue weighted by Gasteiger charge is -2.04. The predicted molar refractivity (Wildman–Crippen MR) is 57.4 cm³/mol. The number of aliphatic carboxylic acids is 1. The van der Waals surface area contributed by atoms with Crippen molar-refractivity contribution in [3.05, 3.63) is 41.0 Å². The topological polar surface area (TPSA) is 37.3 Å². The smallest absolute Gasteiger partial charge is 0.329 e. The van der Waals surface area contributed by atoms with Crippen molar-refractivity contribution in [3.8, 4) is 0 Å². The second-order valence-electron chi connectivity index (χ2n) is 3.15. The number of aryl methyl sites for hydroxylation is 2. The molecule has 14 heavy (non-hydrogen) atoms. The molecule has 2 nitrogen and oxygen atoms in total. The van der Waals surface area contributed by atoms with E-state index in [9.17, 15) is 4.79 Å². The van der Waals surface area contributed by atoms with Crippen molar-refractivity contribution in [1.82, 2.24) is 0 Å². The van der Waals surface area contributed by atoms with Crippen molar-refractivity contribution < 1.29 is 9.90 Å². The minimum absolute atomic E-state index is 0.263. The average Bonchev–Trinajstić information content (AvgIpc) is 2.08. The molecular weight excluding hydrogens is 200 g/mol. The maximum Gasteiger partial charge on any atom is 0.329 e. The summed E-state index contributed by atoms with van der Waals surface area (Å²) >= 11 is 5.86. The van der Waals surface area contributed by atoms with E-state index in [0.717, 1.165) is 22.8 Å². The highest BCUT2D eigenvalue weighted by atomic mass is 35.5. The molecule has 0 atom stereocenters. The first-order valence-electron chi connectivity index (χ1n) is 4.18. The van der Waals surface area contributed by atoms with Gasteiger partial charge in [0, 0.05) is 6.08 Å². The minimum Gasteiger partial charge on any atom is -0.478 e. The molecule has 0 radical (unpaired) electrons. The van der Waals surface area contributed by atoms with Gasteiger partial charge in [-0.05, 0) is 25.0 Å². The van der Waals surface area contributed by atoms with Gasteiger partial charge in [-0.25, -0.2) is 4.79 Å². The lowest BCUT2D eigenvalue weighted by atomic mass is 10.1. The zero-order chi connectivity index (χ0) is 10.7. The van der Waals surface area contributed by atoms with Crippen LogP contribution < -0.4 is 0 Å². The van der Waals surface area contributed by atoms with Crippen LogP contribution in [0, 0.1) is 13.8 Å². The monoisotopic (exact) mass is 210 g/mol. The Balaban J connectivity index is 3.18. The first-order valence-corrected chi connectivity index (χ1v) is 4.56. The van der Waals surface area contributed by atoms with Crippen LogP contribution in [0.1, 0.15) is 16.7 Å². The number of hydrogen-bond donors (Lipinski definition) is 1. The van der Waals surface area contributed by atoms with E-state index in [1.165, 1.54) is 0 Å². The third kappa shape index (κ3) is 2.60. The third-order valence-electron chi connectivity index (χ3n) is 1.90. The molecule has 0 heterocycles. The summed E-state index contributed by atoms with van der Waals surface area (Å²) in [6.07, 6.45) is 1.00. The molecule has 0 bridgehead atoms. The van der Waals surface area contributed by atoms with Crippen molar-refractivity contribution in [3.63, 3.8) is 0 Å². The van der Waals surface area contributed by atoms with Gasteiger partial charge in [0.2, 0.25) is 0 Å². The predicted octanol–water partition coefficient (Wildman–Crippen LogP) is 2.97. The van der Waals surface area contributed by atoms with Gasteiger partial charge in [0.15, 0.2) is 0 Å². The van der Waals surface area contributed by atoms with Gasteiger partial charge < -0.3 is 5.11 Å². The summed E-state index contributed by atoms with van der Waals surface area (Å²) in [5, 5.41) is 8.81. The number of benzene rings is 1. The minimum atomic E-state index is -1.03. The van der Waals surface area contributed by atoms with Gasteiger partial charge in [0.05, 0.1) is 5.03 Å². The Hall–Kier alpha value is -1.28. The van der Waals surface area contributed by atoms with Gasteiger partial charge in [-0.15, -0.1) is 0 Å². The SMILES string of the molecule is Cc1ccc(C)c(/C(Cl)=C/C(=O)O)c1. The molecule has 0 aliphatic rings. The number of rotatable bonds is 2. The summed E-state index contributed by atoms with van der Waals surface area (Å²) < 4.78 is 0. The molecule has 1 N–H and O–H groups in total. The largest absolute Gasteiger partial charge is 0.478 e. The third-order valence-corrected chi connectivity index (χ3v) is 2.21. The molecule has 0 aliphatic heterocycles. The Morgan fingerprint density at radius 3 is 2.64 bits per heavy atom. The number of carbonyl (C=O) groups is 1. The Labute approximate surface area is 87.8 Å². The Bertz CT molecular complexity index is 394. The molecule has 0 unspecified atom stereocenters. The molecule has 0 aromatic heterocycles. The van der Waals surface area contributed by atoms with Crippen molar-refractivity contribution in [2.24, 2.45) is 0 Å². The molecule has 0 fully saturated rings. The Morgan fingerprint density at radius 1 is 1.43 bits per heavy atom. The Morgan fingerprint density at radius 2 is 2.07 bits per heavy atom. The van der Waals surface area contributed by atoms with Gasteiger partial charge in [-0.1, -0.05) is 35.4 Å². The standard InChI is InChI=1S/C11H11ClO2/c1-7-3-4-8(2)9(5-7)10(12)6-11(13)14/h3-6H,1-2H3,(H,13,14)/b10-6-. The molecule has 0 saturated carbocycles. The van der Waals surface area contributed by atoms with Crippen LogP contribution in [0.2, 0.25) is 0 Å². The van der Waals surface area contributed by atoms with Crippen LogP contribution in [0.4, 0.5) is 0 Å². The molecule has 74 valence electrons. The van der Waals surface area contributed by atoms with Crippen LogP contribution in [0.5, 0.6) is 0 Å². The molecule has 3 heteroatoms. The van der Waals surface area contributed by atoms with Gasteiger partial charge in [0.25, 0.3) is 0 Å². The number of hydrogen-bond acceptors (Lipinski definition) is 1. The number of halogens is 1. The van der Waals surface area contributed by atoms with Gasteiger partial charge in [-0.2, -0.15) is 0 Å². The van der Waals surface area contributed by atoms with Gasteiger partial charge in [-0.3, -0.25) is 0 Å². The summed E-state index contributed by atoms with van der Waals surface area (Å²) in [4.78, 5) is 10.4. The Kier molecular flexibility index (Phi) is 3.31. The summed E-state index contributed by atoms with van der Waals surface area (Å²) in [5.74, 6) is -1.03. The molecule has 1 aromatic carbocycles. The van der Waals surface area contributed by atoms with E-state index in [1.54, 1.807) is 0 Å². The highest BCUT2D eigenvalue weighted by molar-refractivity contribution is 6.50. The maximum absolute atomic E-state index is 10.4. The van der Waals surface area contributed by atoms with E-state index in [-0.39, 0.29) is 5.03 Å². The van der Waals surface area contributed by atoms with E-state index >= 15 is 0 Å². The van der Waals surface area contributed by atoms with Crippen molar-refractivity contribution in [2.75, 3.05) is 0 Å². The van der Waals surface area contributed by atoms with E-state index in [1.807, 2.05) is 32.0 Å². The summed E-state index contributed by atoms with van der Waals surface area (Å²) in [5.41, 5.74) is 2.80. The van der Waals surface area contributed by atoms with E-state index in [4.69, 9.17) is 16.7 Å². The van der Waals surface area contributed by atoms with Crippen LogP contribution in [0.3, 0.4) is 0 Å². The van der Waals surface area contributed by atoms with Crippen LogP contribution in [0.25, 0.3) is 5.03 Å². The van der Waals surface area contributed by atoms with E-state index in [0.29, 0.717) is 0 Å². The number of carboxylic acid groups (broad SMARTS) is 1. The normalized spacial score (nSPS) is 11.5. The number of carboxylic acids is 1. The average molecular weight is 211 g/mol. The fraction of sp³-hybridized carbons (Fsp3) is 0.182. The highest BCUT2D eigenvalue weighted by Crippen LogP contribution is 2.23. The fourth-order valence-corrected chi connectivity index (χ4v) is 1.48. The molecule has 1 aromatic rings. The zero-order valence-electron chi connectivity index (χ0n) is 8.04. The highest BCUT2D eigenvalue weighted by Gasteiger charge is 2.04. The molecule has 0 amide bonds. The molecular formula is C11H11ClO2. The van der Waals surface area contributed by atoms with E-state index < -0.39 is 5.97 Å². The lowest BCUT2D eigenvalue weighted by Crippen LogP contribution is -1.91. The van der Waals surface area contributed by atoms with Crippen molar-refractivity contribution >= 4 is 22.6 Å². The zero-order valence-corrected chi connectivity index (χ0v) is 8.80. The second kappa shape index (κ2) is 4.29. The molecule has 0 spiro atoms.